The molecule has 3 heterocycles. The number of benzene rings is 1. The molecule has 1 aromatic rings. The number of hydrogen-bond donors (Lipinski definition) is 0. The van der Waals surface area contributed by atoms with Crippen LogP contribution in [0.25, 0.3) is 0 Å². The van der Waals surface area contributed by atoms with Crippen molar-refractivity contribution in [3.63, 3.8) is 0 Å². The molecular formula is C20H28N2O3. The summed E-state index contributed by atoms with van der Waals surface area (Å²) in [5.41, 5.74) is 2.77. The second-order valence-corrected chi connectivity index (χ2v) is 7.37. The number of rotatable bonds is 3. The van der Waals surface area contributed by atoms with Crippen LogP contribution in [0.4, 0.5) is 0 Å². The summed E-state index contributed by atoms with van der Waals surface area (Å²) in [4.78, 5) is 17.6. The fraction of sp³-hybridized carbons (Fsp3) is 0.650. The van der Waals surface area contributed by atoms with Gasteiger partial charge in [0.1, 0.15) is 0 Å². The van der Waals surface area contributed by atoms with Gasteiger partial charge in [-0.2, -0.15) is 0 Å². The summed E-state index contributed by atoms with van der Waals surface area (Å²) >= 11 is 0. The van der Waals surface area contributed by atoms with Gasteiger partial charge in [0.15, 0.2) is 6.29 Å². The zero-order valence-electron chi connectivity index (χ0n) is 15.0. The standard InChI is InChI=1S/C20H28N2O3/c1-15(21-11-9-16-6-2-3-7-17(16)14-21)19(23)22-10-5-4-8-18(22)20-24-12-13-25-20/h2-3,6-7,15,18,20H,4-5,8-14H2,1H3/t15-,18-/m0/s1. The monoisotopic (exact) mass is 344 g/mol. The smallest absolute Gasteiger partial charge is 0.240 e. The summed E-state index contributed by atoms with van der Waals surface area (Å²) in [5.74, 6) is 0.225. The van der Waals surface area contributed by atoms with Gasteiger partial charge in [-0.05, 0) is 43.7 Å². The molecule has 0 N–H and O–H groups in total. The van der Waals surface area contributed by atoms with Crippen molar-refractivity contribution < 1.29 is 14.3 Å². The minimum absolute atomic E-state index is 0.0725. The maximum absolute atomic E-state index is 13.2. The van der Waals surface area contributed by atoms with Gasteiger partial charge >= 0.3 is 0 Å². The lowest BCUT2D eigenvalue weighted by Gasteiger charge is -2.42. The van der Waals surface area contributed by atoms with Gasteiger partial charge in [0, 0.05) is 19.6 Å². The van der Waals surface area contributed by atoms with Crippen molar-refractivity contribution in [3.8, 4) is 0 Å². The predicted octanol–water partition coefficient (Wildman–Crippen LogP) is 2.19. The summed E-state index contributed by atoms with van der Waals surface area (Å²) < 4.78 is 11.4. The minimum atomic E-state index is -0.237. The molecule has 0 saturated carbocycles. The average Bonchev–Trinajstić information content (AvgIpc) is 3.21. The quantitative estimate of drug-likeness (QED) is 0.843. The van der Waals surface area contributed by atoms with Gasteiger partial charge < -0.3 is 14.4 Å². The fourth-order valence-electron chi connectivity index (χ4n) is 4.36. The van der Waals surface area contributed by atoms with Crippen LogP contribution in [-0.4, -0.2) is 60.4 Å². The van der Waals surface area contributed by atoms with Crippen LogP contribution in [0.1, 0.15) is 37.3 Å². The van der Waals surface area contributed by atoms with Crippen molar-refractivity contribution in [3.05, 3.63) is 35.4 Å². The predicted molar refractivity (Wildman–Crippen MR) is 95.1 cm³/mol. The summed E-state index contributed by atoms with van der Waals surface area (Å²) in [7, 11) is 0. The molecule has 0 spiro atoms. The molecule has 0 radical (unpaired) electrons. The molecule has 0 aromatic heterocycles. The van der Waals surface area contributed by atoms with Crippen LogP contribution in [0.2, 0.25) is 0 Å². The second kappa shape index (κ2) is 7.44. The number of carbonyl (C=O) groups excluding carboxylic acids is 1. The molecule has 3 aliphatic rings. The molecule has 4 rings (SSSR count). The first-order valence-electron chi connectivity index (χ1n) is 9.58. The highest BCUT2D eigenvalue weighted by Gasteiger charge is 2.39. The molecule has 2 saturated heterocycles. The number of carbonyl (C=O) groups is 1. The van der Waals surface area contributed by atoms with Crippen molar-refractivity contribution in [2.75, 3.05) is 26.3 Å². The highest BCUT2D eigenvalue weighted by atomic mass is 16.7. The Balaban J connectivity index is 1.45. The lowest BCUT2D eigenvalue weighted by molar-refractivity contribution is -0.155. The van der Waals surface area contributed by atoms with Crippen LogP contribution < -0.4 is 0 Å². The zero-order valence-corrected chi connectivity index (χ0v) is 15.0. The van der Waals surface area contributed by atoms with Gasteiger partial charge in [-0.3, -0.25) is 9.69 Å². The van der Waals surface area contributed by atoms with Crippen LogP contribution in [0.3, 0.4) is 0 Å². The molecular weight excluding hydrogens is 316 g/mol. The highest BCUT2D eigenvalue weighted by Crippen LogP contribution is 2.27. The Bertz CT molecular complexity index is 615. The SMILES string of the molecule is C[C@@H](C(=O)N1CCCC[C@H]1C1OCCO1)N1CCc2ccccc2C1. The van der Waals surface area contributed by atoms with Gasteiger partial charge in [-0.25, -0.2) is 0 Å². The number of amides is 1. The van der Waals surface area contributed by atoms with Gasteiger partial charge in [0.25, 0.3) is 0 Å². The lowest BCUT2D eigenvalue weighted by Crippen LogP contribution is -2.56. The van der Waals surface area contributed by atoms with E-state index in [0.717, 1.165) is 45.3 Å². The van der Waals surface area contributed by atoms with Crippen molar-refractivity contribution >= 4 is 5.91 Å². The molecule has 0 unspecified atom stereocenters. The molecule has 0 bridgehead atoms. The van der Waals surface area contributed by atoms with E-state index in [1.807, 2.05) is 4.90 Å². The third kappa shape index (κ3) is 3.46. The lowest BCUT2D eigenvalue weighted by atomic mass is 9.97. The second-order valence-electron chi connectivity index (χ2n) is 7.37. The van der Waals surface area contributed by atoms with Crippen molar-refractivity contribution in [2.24, 2.45) is 0 Å². The zero-order chi connectivity index (χ0) is 17.2. The third-order valence-corrected chi connectivity index (χ3v) is 5.86. The molecule has 5 heteroatoms. The van der Waals surface area contributed by atoms with E-state index in [4.69, 9.17) is 9.47 Å². The Labute approximate surface area is 149 Å². The van der Waals surface area contributed by atoms with Crippen LogP contribution in [0, 0.1) is 0 Å². The van der Waals surface area contributed by atoms with E-state index in [9.17, 15) is 4.79 Å². The van der Waals surface area contributed by atoms with E-state index in [2.05, 4.69) is 36.1 Å². The van der Waals surface area contributed by atoms with E-state index in [1.165, 1.54) is 11.1 Å². The first kappa shape index (κ1) is 17.0. The van der Waals surface area contributed by atoms with Crippen molar-refractivity contribution in [1.82, 2.24) is 9.80 Å². The van der Waals surface area contributed by atoms with E-state index >= 15 is 0 Å². The number of likely N-dealkylation sites (tertiary alicyclic amines) is 1. The summed E-state index contributed by atoms with van der Waals surface area (Å²) in [5, 5.41) is 0. The number of nitrogens with zero attached hydrogens (tertiary/aromatic N) is 2. The number of fused-ring (bicyclic) bond motifs is 1. The Morgan fingerprint density at radius 1 is 1.12 bits per heavy atom. The topological polar surface area (TPSA) is 42.0 Å². The summed E-state index contributed by atoms with van der Waals surface area (Å²) in [6.45, 7) is 5.96. The molecule has 0 aliphatic carbocycles. The highest BCUT2D eigenvalue weighted by molar-refractivity contribution is 5.82. The van der Waals surface area contributed by atoms with E-state index in [-0.39, 0.29) is 24.3 Å². The Morgan fingerprint density at radius 2 is 1.88 bits per heavy atom. The summed E-state index contributed by atoms with van der Waals surface area (Å²) in [6.07, 6.45) is 3.98. The Kier molecular flexibility index (Phi) is 5.06. The maximum Gasteiger partial charge on any atom is 0.240 e. The minimum Gasteiger partial charge on any atom is -0.348 e. The van der Waals surface area contributed by atoms with Gasteiger partial charge in [0.2, 0.25) is 5.91 Å². The number of hydrogen-bond acceptors (Lipinski definition) is 4. The van der Waals surface area contributed by atoms with Gasteiger partial charge in [0.05, 0.1) is 25.3 Å². The summed E-state index contributed by atoms with van der Waals surface area (Å²) in [6, 6.07) is 8.54. The van der Waals surface area contributed by atoms with Crippen LogP contribution >= 0.6 is 0 Å². The molecule has 1 amide bonds. The van der Waals surface area contributed by atoms with E-state index < -0.39 is 0 Å². The van der Waals surface area contributed by atoms with Crippen LogP contribution in [0.15, 0.2) is 24.3 Å². The van der Waals surface area contributed by atoms with Crippen LogP contribution in [-0.2, 0) is 27.2 Å². The molecule has 136 valence electrons. The number of ether oxygens (including phenoxy) is 2. The van der Waals surface area contributed by atoms with Crippen molar-refractivity contribution in [2.45, 2.75) is 57.5 Å². The maximum atomic E-state index is 13.2. The molecule has 3 aliphatic heterocycles. The van der Waals surface area contributed by atoms with Gasteiger partial charge in [-0.1, -0.05) is 24.3 Å². The molecule has 25 heavy (non-hydrogen) atoms. The number of piperidine rings is 1. The molecule has 2 fully saturated rings. The van der Waals surface area contributed by atoms with E-state index in [0.29, 0.717) is 13.2 Å². The first-order chi connectivity index (χ1) is 12.2. The van der Waals surface area contributed by atoms with Crippen molar-refractivity contribution in [1.29, 1.82) is 0 Å². The first-order valence-corrected chi connectivity index (χ1v) is 9.58. The molecule has 2 atom stereocenters. The fourth-order valence-corrected chi connectivity index (χ4v) is 4.36. The Morgan fingerprint density at radius 3 is 2.68 bits per heavy atom. The normalized spacial score (nSPS) is 26.4. The molecule has 5 nitrogen and oxygen atoms in total. The molecule has 1 aromatic carbocycles. The van der Waals surface area contributed by atoms with Gasteiger partial charge in [-0.15, -0.1) is 0 Å². The average molecular weight is 344 g/mol. The Hall–Kier alpha value is -1.43. The van der Waals surface area contributed by atoms with E-state index in [1.54, 1.807) is 0 Å². The largest absolute Gasteiger partial charge is 0.348 e. The van der Waals surface area contributed by atoms with Crippen LogP contribution in [0.5, 0.6) is 0 Å². The third-order valence-electron chi connectivity index (χ3n) is 5.86.